The number of nitrogens with one attached hydrogen (secondary N) is 1. The molecule has 7 nitrogen and oxygen atoms in total. The molecular weight excluding hydrogens is 477 g/mol. The Bertz CT molecular complexity index is 1320. The molecule has 1 aromatic heterocycles. The number of amides is 1. The first-order valence-corrected chi connectivity index (χ1v) is 12.2. The maximum absolute atomic E-state index is 13.7. The van der Waals surface area contributed by atoms with Gasteiger partial charge in [-0.3, -0.25) is 4.79 Å². The van der Waals surface area contributed by atoms with Crippen molar-refractivity contribution in [2.45, 2.75) is 49.5 Å². The van der Waals surface area contributed by atoms with Crippen LogP contribution in [0.3, 0.4) is 0 Å². The third kappa shape index (κ3) is 4.89. The van der Waals surface area contributed by atoms with Gasteiger partial charge in [0.25, 0.3) is 0 Å². The summed E-state index contributed by atoms with van der Waals surface area (Å²) in [4.78, 5) is 44.2. The molecule has 36 heavy (non-hydrogen) atoms. The second-order valence-electron chi connectivity index (χ2n) is 10.5. The average Bonchev–Trinajstić information content (AvgIpc) is 3.18. The highest BCUT2D eigenvalue weighted by Gasteiger charge is 2.47. The number of halogens is 1. The highest BCUT2D eigenvalue weighted by molar-refractivity contribution is 6.71. The summed E-state index contributed by atoms with van der Waals surface area (Å²) >= 11 is 6.50. The minimum atomic E-state index is -1.26. The zero-order valence-corrected chi connectivity index (χ0v) is 22.1. The lowest BCUT2D eigenvalue weighted by Gasteiger charge is -2.43. The van der Waals surface area contributed by atoms with Crippen molar-refractivity contribution >= 4 is 56.0 Å². The van der Waals surface area contributed by atoms with Crippen LogP contribution in [0, 0.1) is 0 Å². The smallest absolute Gasteiger partial charge is 0.338 e. The van der Waals surface area contributed by atoms with E-state index in [4.69, 9.17) is 21.1 Å². The van der Waals surface area contributed by atoms with Crippen molar-refractivity contribution in [3.05, 3.63) is 70.9 Å². The molecule has 186 valence electrons. The van der Waals surface area contributed by atoms with E-state index in [2.05, 4.69) is 4.98 Å². The van der Waals surface area contributed by atoms with E-state index in [0.717, 1.165) is 27.7 Å². The van der Waals surface area contributed by atoms with Crippen molar-refractivity contribution in [1.82, 2.24) is 9.88 Å². The predicted molar refractivity (Wildman–Crippen MR) is 144 cm³/mol. The van der Waals surface area contributed by atoms with Crippen LogP contribution < -0.4 is 0 Å². The maximum Gasteiger partial charge on any atom is 0.338 e. The monoisotopic (exact) mass is 506 g/mol. The Balaban J connectivity index is 1.89. The normalized spacial score (nSPS) is 18.0. The number of aromatic amines is 1. The van der Waals surface area contributed by atoms with Crippen molar-refractivity contribution in [2.24, 2.45) is 0 Å². The first-order valence-electron chi connectivity index (χ1n) is 11.8. The zero-order valence-electron chi connectivity index (χ0n) is 21.3. The topological polar surface area (TPSA) is 88.7 Å². The van der Waals surface area contributed by atoms with E-state index in [9.17, 15) is 14.4 Å². The number of carbonyl (C=O) groups is 3. The summed E-state index contributed by atoms with van der Waals surface area (Å²) in [5, 5.41) is 0.981. The van der Waals surface area contributed by atoms with Gasteiger partial charge in [0.05, 0.1) is 23.4 Å². The molecule has 0 unspecified atom stereocenters. The minimum absolute atomic E-state index is 0.289. The summed E-state index contributed by atoms with van der Waals surface area (Å²) in [7, 11) is 4.52. The number of fused-ring (bicyclic) bond motifs is 3. The minimum Gasteiger partial charge on any atom is -0.467 e. The fourth-order valence-electron chi connectivity index (χ4n) is 4.65. The molecule has 1 amide bonds. The number of alkyl halides is 1. The number of esters is 2. The Morgan fingerprint density at radius 1 is 1.06 bits per heavy atom. The number of aromatic nitrogens is 1. The number of ether oxygens (including phenoxy) is 2. The lowest BCUT2D eigenvalue weighted by molar-refractivity contribution is -0.154. The molecule has 4 rings (SSSR count). The number of hydrogen-bond donors (Lipinski definition) is 1. The maximum atomic E-state index is 13.7. The summed E-state index contributed by atoms with van der Waals surface area (Å²) in [6.07, 6.45) is 0.289. The van der Waals surface area contributed by atoms with Crippen LogP contribution in [0.1, 0.15) is 54.0 Å². The van der Waals surface area contributed by atoms with Gasteiger partial charge in [0.15, 0.2) is 0 Å². The lowest BCUT2D eigenvalue weighted by Crippen LogP contribution is -2.57. The molecule has 0 spiro atoms. The van der Waals surface area contributed by atoms with Gasteiger partial charge in [-0.15, -0.1) is 11.6 Å². The van der Waals surface area contributed by atoms with Crippen LogP contribution >= 0.6 is 11.6 Å². The summed E-state index contributed by atoms with van der Waals surface area (Å²) in [6.45, 7) is 5.43. The number of nitrogens with zero attached hydrogens (tertiary/aromatic N) is 1. The van der Waals surface area contributed by atoms with E-state index in [-0.39, 0.29) is 6.42 Å². The third-order valence-electron chi connectivity index (χ3n) is 6.21. The van der Waals surface area contributed by atoms with Crippen LogP contribution in [-0.2, 0) is 25.5 Å². The standard InChI is InChI=1S/C26H29B2ClN2O5/c1-25(2,3)36-22(32)15-11-9-14(10-12-15)21-20-17(16-7-5-6-8-18(16)30-20)13-19(23(33)35-4)31(21)24(34)26(27,28)29/h5-12,19,21,30H,13,27-28H2,1-4H3/t19-,21+/m1/s1. The van der Waals surface area contributed by atoms with Gasteiger partial charge in [-0.1, -0.05) is 30.3 Å². The summed E-state index contributed by atoms with van der Waals surface area (Å²) in [5.74, 6) is -1.35. The molecule has 1 N–H and O–H groups in total. The number of methoxy groups -OCH3 is 1. The predicted octanol–water partition coefficient (Wildman–Crippen LogP) is 2.30. The molecule has 10 heteroatoms. The Labute approximate surface area is 217 Å². The molecule has 1 aliphatic heterocycles. The van der Waals surface area contributed by atoms with Crippen LogP contribution in [0.5, 0.6) is 0 Å². The highest BCUT2D eigenvalue weighted by Crippen LogP contribution is 2.42. The fourth-order valence-corrected chi connectivity index (χ4v) is 4.75. The highest BCUT2D eigenvalue weighted by atomic mass is 35.5. The lowest BCUT2D eigenvalue weighted by atomic mass is 9.68. The van der Waals surface area contributed by atoms with Gasteiger partial charge in [-0.25, -0.2) is 9.59 Å². The van der Waals surface area contributed by atoms with Crippen LogP contribution in [-0.4, -0.2) is 66.8 Å². The van der Waals surface area contributed by atoms with Crippen LogP contribution in [0.2, 0.25) is 0 Å². The van der Waals surface area contributed by atoms with E-state index in [1.807, 2.05) is 45.0 Å². The number of rotatable bonds is 4. The average molecular weight is 507 g/mol. The van der Waals surface area contributed by atoms with Gasteiger partial charge in [0, 0.05) is 23.0 Å². The van der Waals surface area contributed by atoms with E-state index >= 15 is 0 Å². The van der Waals surface area contributed by atoms with Gasteiger partial charge in [-0.05, 0) is 50.1 Å². The summed E-state index contributed by atoms with van der Waals surface area (Å²) in [5.41, 5.74) is 3.14. The van der Waals surface area contributed by atoms with Gasteiger partial charge >= 0.3 is 11.9 Å². The largest absolute Gasteiger partial charge is 0.467 e. The molecule has 1 aliphatic rings. The van der Waals surface area contributed by atoms with Gasteiger partial charge in [0.1, 0.15) is 27.3 Å². The summed E-state index contributed by atoms with van der Waals surface area (Å²) in [6, 6.07) is 13.2. The van der Waals surface area contributed by atoms with Crippen molar-refractivity contribution in [3.8, 4) is 0 Å². The Hall–Kier alpha value is -3.19. The molecule has 0 radical (unpaired) electrons. The molecule has 0 saturated carbocycles. The van der Waals surface area contributed by atoms with E-state index < -0.39 is 40.2 Å². The number of carbonyl (C=O) groups excluding carboxylic acids is 3. The molecule has 0 saturated heterocycles. The van der Waals surface area contributed by atoms with Crippen molar-refractivity contribution in [2.75, 3.05) is 7.11 Å². The third-order valence-corrected chi connectivity index (χ3v) is 6.37. The Kier molecular flexibility index (Phi) is 6.73. The number of benzene rings is 2. The molecule has 0 fully saturated rings. The first kappa shape index (κ1) is 25.9. The molecule has 2 aromatic carbocycles. The second-order valence-corrected chi connectivity index (χ2v) is 11.5. The van der Waals surface area contributed by atoms with Crippen molar-refractivity contribution in [3.63, 3.8) is 0 Å². The number of para-hydroxylation sites is 1. The second kappa shape index (κ2) is 9.36. The molecule has 0 aliphatic carbocycles. The van der Waals surface area contributed by atoms with E-state index in [1.165, 1.54) is 12.0 Å². The van der Waals surface area contributed by atoms with Gasteiger partial charge in [0.2, 0.25) is 5.91 Å². The number of hydrogen-bond acceptors (Lipinski definition) is 5. The molecule has 2 atom stereocenters. The van der Waals surface area contributed by atoms with E-state index in [1.54, 1.807) is 40.0 Å². The molecule has 0 bridgehead atoms. The fraction of sp³-hybridized carbons (Fsp3) is 0.346. The van der Waals surface area contributed by atoms with Gasteiger partial charge < -0.3 is 19.4 Å². The molecular formula is C26H29B2ClN2O5. The molecule has 3 aromatic rings. The van der Waals surface area contributed by atoms with Crippen LogP contribution in [0.15, 0.2) is 48.5 Å². The van der Waals surface area contributed by atoms with E-state index in [0.29, 0.717) is 5.56 Å². The SMILES string of the molecule is BC(B)(Cl)C(=O)N1[C@@H](c2ccc(C(=O)OC(C)(C)C)cc2)c2[nH]c3ccccc3c2C[C@@H]1C(=O)OC. The Morgan fingerprint density at radius 3 is 2.28 bits per heavy atom. The molecule has 2 heterocycles. The first-order chi connectivity index (χ1) is 16.8. The van der Waals surface area contributed by atoms with Crippen LogP contribution in [0.4, 0.5) is 0 Å². The summed E-state index contributed by atoms with van der Waals surface area (Å²) < 4.78 is 9.34. The quantitative estimate of drug-likeness (QED) is 0.333. The van der Waals surface area contributed by atoms with Crippen molar-refractivity contribution < 1.29 is 23.9 Å². The van der Waals surface area contributed by atoms with Gasteiger partial charge in [-0.2, -0.15) is 0 Å². The van der Waals surface area contributed by atoms with Crippen LogP contribution in [0.25, 0.3) is 10.9 Å². The Morgan fingerprint density at radius 2 is 1.69 bits per heavy atom. The zero-order chi connectivity index (χ0) is 26.4. The number of H-pyrrole nitrogens is 1. The van der Waals surface area contributed by atoms with Crippen molar-refractivity contribution in [1.29, 1.82) is 0 Å².